The number of rotatable bonds is 5. The summed E-state index contributed by atoms with van der Waals surface area (Å²) >= 11 is 0. The van der Waals surface area contributed by atoms with E-state index in [9.17, 15) is 0 Å². The average Bonchev–Trinajstić information content (AvgIpc) is 2.88. The van der Waals surface area contributed by atoms with E-state index in [1.165, 1.54) is 67.3 Å². The van der Waals surface area contributed by atoms with E-state index in [4.69, 9.17) is 4.99 Å². The fraction of sp³-hybridized carbons (Fsp3) is 0.414. The molecule has 2 aromatic carbocycles. The molecule has 0 N–H and O–H groups in total. The van der Waals surface area contributed by atoms with Crippen LogP contribution in [0.4, 0.5) is 0 Å². The van der Waals surface area contributed by atoms with E-state index in [1.54, 1.807) is 0 Å². The molecule has 164 valence electrons. The Labute approximate surface area is 191 Å². The van der Waals surface area contributed by atoms with Crippen LogP contribution in [0.3, 0.4) is 0 Å². The lowest BCUT2D eigenvalue weighted by Crippen LogP contribution is -2.18. The first kappa shape index (κ1) is 23.7. The van der Waals surface area contributed by atoms with Crippen molar-refractivity contribution in [3.8, 4) is 0 Å². The van der Waals surface area contributed by atoms with Crippen molar-refractivity contribution in [2.45, 2.75) is 61.8 Å². The zero-order valence-electron chi connectivity index (χ0n) is 20.6. The van der Waals surface area contributed by atoms with Gasteiger partial charge >= 0.3 is 0 Å². The van der Waals surface area contributed by atoms with Crippen molar-refractivity contribution in [1.82, 2.24) is 0 Å². The van der Waals surface area contributed by atoms with Gasteiger partial charge in [-0.25, -0.2) is 0 Å². The third kappa shape index (κ3) is 5.45. The number of hydrogen-bond acceptors (Lipinski definition) is 1. The number of allylic oxidation sites excluding steroid dienone is 3. The Morgan fingerprint density at radius 2 is 1.65 bits per heavy atom. The van der Waals surface area contributed by atoms with Gasteiger partial charge in [0.05, 0.1) is 6.54 Å². The molecule has 0 fully saturated rings. The summed E-state index contributed by atoms with van der Waals surface area (Å²) in [6.45, 7) is 18.6. The summed E-state index contributed by atoms with van der Waals surface area (Å²) < 4.78 is 0. The molecule has 1 aliphatic heterocycles. The van der Waals surface area contributed by atoms with Crippen LogP contribution >= 0.6 is 8.58 Å². The zero-order valence-corrected chi connectivity index (χ0v) is 21.6. The number of nitrogens with zero attached hydrogens (tertiary/aromatic N) is 1. The number of benzene rings is 2. The second-order valence-corrected chi connectivity index (χ2v) is 10.9. The fourth-order valence-corrected chi connectivity index (χ4v) is 5.61. The van der Waals surface area contributed by atoms with Crippen molar-refractivity contribution in [1.29, 1.82) is 0 Å². The number of fused-ring (bicyclic) bond motifs is 1. The van der Waals surface area contributed by atoms with Crippen molar-refractivity contribution in [2.24, 2.45) is 10.9 Å². The molecule has 0 radical (unpaired) electrons. The summed E-state index contributed by atoms with van der Waals surface area (Å²) in [5.74, 6) is 0.371. The molecule has 1 unspecified atom stereocenters. The maximum Gasteiger partial charge on any atom is 0.0603 e. The average molecular weight is 432 g/mol. The smallest absolute Gasteiger partial charge is 0.0603 e. The van der Waals surface area contributed by atoms with Crippen molar-refractivity contribution < 1.29 is 0 Å². The molecular formula is C29H38NP. The van der Waals surface area contributed by atoms with Crippen molar-refractivity contribution in [2.75, 3.05) is 12.7 Å². The molecule has 0 aromatic heterocycles. The quantitative estimate of drug-likeness (QED) is 0.261. The van der Waals surface area contributed by atoms with Gasteiger partial charge in [0.15, 0.2) is 0 Å². The molecule has 1 atom stereocenters. The molecule has 0 saturated heterocycles. The van der Waals surface area contributed by atoms with Gasteiger partial charge in [-0.3, -0.25) is 4.99 Å². The lowest BCUT2D eigenvalue weighted by atomic mass is 9.84. The van der Waals surface area contributed by atoms with Crippen LogP contribution in [0.1, 0.15) is 68.9 Å². The minimum atomic E-state index is 0.371. The molecule has 3 rings (SSSR count). The van der Waals surface area contributed by atoms with Crippen molar-refractivity contribution in [3.05, 3.63) is 75.4 Å². The summed E-state index contributed by atoms with van der Waals surface area (Å²) in [4.78, 5) is 5.27. The van der Waals surface area contributed by atoms with E-state index < -0.39 is 0 Å². The Balaban J connectivity index is 2.34. The molecule has 1 aliphatic rings. The Hall–Kier alpha value is -1.98. The van der Waals surface area contributed by atoms with E-state index in [0.717, 1.165) is 21.5 Å². The van der Waals surface area contributed by atoms with Crippen LogP contribution < -0.4 is 5.30 Å². The van der Waals surface area contributed by atoms with E-state index in [-0.39, 0.29) is 0 Å². The highest BCUT2D eigenvalue weighted by atomic mass is 31.1. The van der Waals surface area contributed by atoms with E-state index in [0.29, 0.717) is 5.92 Å². The monoisotopic (exact) mass is 431 g/mol. The first-order valence-corrected chi connectivity index (χ1v) is 12.7. The number of aliphatic imine (C=N–C) groups is 1. The predicted molar refractivity (Wildman–Crippen MR) is 143 cm³/mol. The van der Waals surface area contributed by atoms with Crippen molar-refractivity contribution in [3.63, 3.8) is 0 Å². The van der Waals surface area contributed by atoms with E-state index in [1.807, 2.05) is 0 Å². The first-order chi connectivity index (χ1) is 14.7. The molecule has 2 heteroatoms. The topological polar surface area (TPSA) is 12.4 Å². The summed E-state index contributed by atoms with van der Waals surface area (Å²) in [6, 6.07) is 13.9. The predicted octanol–water partition coefficient (Wildman–Crippen LogP) is 7.68. The van der Waals surface area contributed by atoms with Crippen LogP contribution in [0.2, 0.25) is 0 Å². The molecule has 0 saturated carbocycles. The molecule has 0 aliphatic carbocycles. The normalized spacial score (nSPS) is 15.3. The van der Waals surface area contributed by atoms with Gasteiger partial charge in [-0.15, -0.1) is 0 Å². The largest absolute Gasteiger partial charge is 0.284 e. The van der Waals surface area contributed by atoms with Crippen LogP contribution in [-0.4, -0.2) is 18.4 Å². The maximum atomic E-state index is 5.27. The molecular weight excluding hydrogens is 393 g/mol. The van der Waals surface area contributed by atoms with Gasteiger partial charge in [0, 0.05) is 11.3 Å². The molecule has 31 heavy (non-hydrogen) atoms. The third-order valence-electron chi connectivity index (χ3n) is 6.27. The lowest BCUT2D eigenvalue weighted by molar-refractivity contribution is 0.880. The number of hydrogen-bond donors (Lipinski definition) is 0. The molecule has 0 amide bonds. The lowest BCUT2D eigenvalue weighted by Gasteiger charge is -2.22. The van der Waals surface area contributed by atoms with Gasteiger partial charge < -0.3 is 0 Å². The maximum absolute atomic E-state index is 5.27. The first-order valence-electron chi connectivity index (χ1n) is 11.5. The van der Waals surface area contributed by atoms with E-state index in [2.05, 4.69) is 91.8 Å². The Kier molecular flexibility index (Phi) is 7.71. The van der Waals surface area contributed by atoms with Gasteiger partial charge in [-0.2, -0.15) is 0 Å². The summed E-state index contributed by atoms with van der Waals surface area (Å²) in [5.41, 5.74) is 13.7. The molecule has 0 bridgehead atoms. The molecule has 1 heterocycles. The minimum Gasteiger partial charge on any atom is -0.284 e. The third-order valence-corrected chi connectivity index (χ3v) is 7.79. The summed E-state index contributed by atoms with van der Waals surface area (Å²) in [7, 11) is 0.849. The summed E-state index contributed by atoms with van der Waals surface area (Å²) in [6.07, 6.45) is 2.32. The van der Waals surface area contributed by atoms with Crippen LogP contribution in [0.15, 0.2) is 52.5 Å². The standard InChI is InChI=1S/C29H38NP/c1-18(2)23(8)17-30-28(19(3)4)27-25(24-11-9-20(5)10-12-24)13-14-31-29-22(7)15-21(6)16-26(27)29/h9-12,15-16,19,31H,13-14,17H2,1-8H3. The molecule has 1 nitrogen and oxygen atoms in total. The van der Waals surface area contributed by atoms with Crippen molar-refractivity contribution >= 4 is 30.7 Å². The van der Waals surface area contributed by atoms with Gasteiger partial charge in [0.2, 0.25) is 0 Å². The number of aryl methyl sites for hydroxylation is 3. The van der Waals surface area contributed by atoms with Gasteiger partial charge in [0.25, 0.3) is 0 Å². The van der Waals surface area contributed by atoms with Gasteiger partial charge in [0.1, 0.15) is 0 Å². The minimum absolute atomic E-state index is 0.371. The molecule has 0 spiro atoms. The highest BCUT2D eigenvalue weighted by Crippen LogP contribution is 2.39. The highest BCUT2D eigenvalue weighted by Gasteiger charge is 2.25. The SMILES string of the molecule is CC(C)=C(C)CN=C(C1=C(c2ccc(C)cc2)CCPc2c(C)cc(C)cc21)C(C)C. The second kappa shape index (κ2) is 10.1. The van der Waals surface area contributed by atoms with Crippen LogP contribution in [-0.2, 0) is 0 Å². The fourth-order valence-electron chi connectivity index (χ4n) is 4.25. The van der Waals surface area contributed by atoms with Gasteiger partial charge in [-0.1, -0.05) is 81.1 Å². The van der Waals surface area contributed by atoms with Gasteiger partial charge in [-0.05, 0) is 87.6 Å². The Morgan fingerprint density at radius 3 is 2.26 bits per heavy atom. The van der Waals surface area contributed by atoms with Crippen LogP contribution in [0, 0.1) is 26.7 Å². The zero-order chi connectivity index (χ0) is 22.7. The second-order valence-electron chi connectivity index (χ2n) is 9.54. The van der Waals surface area contributed by atoms with Crippen LogP contribution in [0.25, 0.3) is 11.1 Å². The Morgan fingerprint density at radius 1 is 0.968 bits per heavy atom. The highest BCUT2D eigenvalue weighted by molar-refractivity contribution is 7.47. The van der Waals surface area contributed by atoms with Crippen LogP contribution in [0.5, 0.6) is 0 Å². The molecule has 2 aromatic rings. The Bertz CT molecular complexity index is 1040. The summed E-state index contributed by atoms with van der Waals surface area (Å²) in [5, 5.41) is 1.54. The van der Waals surface area contributed by atoms with E-state index >= 15 is 0 Å².